The van der Waals surface area contributed by atoms with E-state index in [0.717, 1.165) is 19.3 Å². The van der Waals surface area contributed by atoms with Crippen molar-refractivity contribution >= 4 is 11.9 Å². The van der Waals surface area contributed by atoms with Gasteiger partial charge in [0.2, 0.25) is 0 Å². The third-order valence-corrected chi connectivity index (χ3v) is 5.79. The summed E-state index contributed by atoms with van der Waals surface area (Å²) in [4.78, 5) is 27.2. The van der Waals surface area contributed by atoms with Crippen LogP contribution >= 0.6 is 0 Å². The van der Waals surface area contributed by atoms with Gasteiger partial charge in [0.15, 0.2) is 6.61 Å². The maximum Gasteiger partial charge on any atom is 0.317 e. The quantitative estimate of drug-likeness (QED) is 0.769. The molecule has 2 aliphatic rings. The zero-order chi connectivity index (χ0) is 18.7. The van der Waals surface area contributed by atoms with Crippen molar-refractivity contribution in [3.8, 4) is 0 Å². The summed E-state index contributed by atoms with van der Waals surface area (Å²) in [5.41, 5.74) is -0.552. The number of carbonyl (C=O) groups excluding carboxylic acids is 2. The van der Waals surface area contributed by atoms with Gasteiger partial charge < -0.3 is 9.64 Å². The van der Waals surface area contributed by atoms with Crippen LogP contribution in [0.4, 0.5) is 4.39 Å². The molecule has 5 heteroatoms. The first kappa shape index (κ1) is 18.9. The maximum absolute atomic E-state index is 14.3. The molecule has 0 spiro atoms. The summed E-state index contributed by atoms with van der Waals surface area (Å²) in [5.74, 6) is -0.0858. The minimum atomic E-state index is -0.950. The van der Waals surface area contributed by atoms with E-state index in [9.17, 15) is 14.0 Å². The van der Waals surface area contributed by atoms with Crippen molar-refractivity contribution in [3.63, 3.8) is 0 Å². The van der Waals surface area contributed by atoms with Crippen LogP contribution in [0, 0.1) is 17.7 Å². The van der Waals surface area contributed by atoms with Crippen LogP contribution in [-0.4, -0.2) is 36.5 Å². The number of piperidine rings is 1. The summed E-state index contributed by atoms with van der Waals surface area (Å²) in [6.45, 7) is 5.42. The van der Waals surface area contributed by atoms with Gasteiger partial charge in [-0.15, -0.1) is 0 Å². The number of nitrogens with zero attached hydrogens (tertiary/aromatic N) is 1. The molecule has 1 aromatic rings. The number of halogens is 1. The van der Waals surface area contributed by atoms with Crippen molar-refractivity contribution in [1.82, 2.24) is 4.90 Å². The Morgan fingerprint density at radius 3 is 2.38 bits per heavy atom. The fraction of sp³-hybridized carbons (Fsp3) is 0.619. The maximum atomic E-state index is 14.3. The van der Waals surface area contributed by atoms with Gasteiger partial charge in [0.05, 0.1) is 5.41 Å². The highest BCUT2D eigenvalue weighted by molar-refractivity contribution is 5.87. The van der Waals surface area contributed by atoms with Crippen molar-refractivity contribution < 1.29 is 18.7 Å². The number of ether oxygens (including phenoxy) is 1. The summed E-state index contributed by atoms with van der Waals surface area (Å²) in [7, 11) is 0. The lowest BCUT2D eigenvalue weighted by Crippen LogP contribution is -2.45. The highest BCUT2D eigenvalue weighted by atomic mass is 19.1. The molecule has 2 unspecified atom stereocenters. The van der Waals surface area contributed by atoms with E-state index in [1.807, 2.05) is 0 Å². The van der Waals surface area contributed by atoms with Crippen molar-refractivity contribution in [2.75, 3.05) is 19.7 Å². The van der Waals surface area contributed by atoms with Gasteiger partial charge in [-0.25, -0.2) is 4.39 Å². The van der Waals surface area contributed by atoms with E-state index in [1.165, 1.54) is 6.07 Å². The number of likely N-dealkylation sites (tertiary alicyclic amines) is 1. The van der Waals surface area contributed by atoms with Crippen molar-refractivity contribution in [3.05, 3.63) is 35.6 Å². The van der Waals surface area contributed by atoms with E-state index in [4.69, 9.17) is 4.74 Å². The van der Waals surface area contributed by atoms with Gasteiger partial charge in [-0.3, -0.25) is 9.59 Å². The number of carbonyl (C=O) groups is 2. The molecule has 0 radical (unpaired) electrons. The molecule has 3 rings (SSSR count). The molecule has 142 valence electrons. The molecule has 4 nitrogen and oxygen atoms in total. The third kappa shape index (κ3) is 3.76. The van der Waals surface area contributed by atoms with Crippen LogP contribution in [0.15, 0.2) is 24.3 Å². The molecule has 1 heterocycles. The summed E-state index contributed by atoms with van der Waals surface area (Å²) in [6.07, 6.45) is 3.97. The highest BCUT2D eigenvalue weighted by Crippen LogP contribution is 2.43. The fourth-order valence-electron chi connectivity index (χ4n) is 4.63. The summed E-state index contributed by atoms with van der Waals surface area (Å²) in [6, 6.07) is 6.41. The predicted molar refractivity (Wildman–Crippen MR) is 97.0 cm³/mol. The monoisotopic (exact) mass is 361 g/mol. The zero-order valence-electron chi connectivity index (χ0n) is 15.7. The number of rotatable bonds is 4. The summed E-state index contributed by atoms with van der Waals surface area (Å²) >= 11 is 0. The second-order valence-corrected chi connectivity index (χ2v) is 8.09. The molecule has 1 saturated carbocycles. The standard InChI is InChI=1S/C21H28FNO3/c1-15-11-16(2)13-23(12-15)19(24)14-26-20(25)21(9-5-6-10-21)17-7-3-4-8-18(17)22/h3-4,7-8,15-16H,5-6,9-14H2,1-2H3. The Morgan fingerprint density at radius 1 is 1.15 bits per heavy atom. The Kier molecular flexibility index (Phi) is 5.64. The molecule has 1 amide bonds. The van der Waals surface area contributed by atoms with Gasteiger partial charge in [-0.2, -0.15) is 0 Å². The van der Waals surface area contributed by atoms with E-state index in [0.29, 0.717) is 43.3 Å². The predicted octanol–water partition coefficient (Wildman–Crippen LogP) is 3.69. The molecule has 1 aliphatic heterocycles. The second-order valence-electron chi connectivity index (χ2n) is 8.09. The molecular weight excluding hydrogens is 333 g/mol. The SMILES string of the molecule is CC1CC(C)CN(C(=O)COC(=O)C2(c3ccccc3F)CCCC2)C1. The first-order valence-corrected chi connectivity index (χ1v) is 9.62. The van der Waals surface area contributed by atoms with Crippen LogP contribution in [0.25, 0.3) is 0 Å². The molecule has 2 fully saturated rings. The highest BCUT2D eigenvalue weighted by Gasteiger charge is 2.46. The van der Waals surface area contributed by atoms with E-state index in [2.05, 4.69) is 13.8 Å². The minimum absolute atomic E-state index is 0.154. The number of amides is 1. The van der Waals surface area contributed by atoms with Crippen LogP contribution in [-0.2, 0) is 19.7 Å². The lowest BCUT2D eigenvalue weighted by atomic mass is 9.78. The average molecular weight is 361 g/mol. The lowest BCUT2D eigenvalue weighted by Gasteiger charge is -2.35. The molecule has 26 heavy (non-hydrogen) atoms. The molecule has 1 saturated heterocycles. The van der Waals surface area contributed by atoms with E-state index < -0.39 is 11.4 Å². The number of esters is 1. The van der Waals surface area contributed by atoms with Crippen LogP contribution in [0.3, 0.4) is 0 Å². The third-order valence-electron chi connectivity index (χ3n) is 5.79. The summed E-state index contributed by atoms with van der Waals surface area (Å²) in [5, 5.41) is 0. The number of hydrogen-bond donors (Lipinski definition) is 0. The summed E-state index contributed by atoms with van der Waals surface area (Å²) < 4.78 is 19.8. The van der Waals surface area contributed by atoms with Crippen molar-refractivity contribution in [1.29, 1.82) is 0 Å². The van der Waals surface area contributed by atoms with Gasteiger partial charge in [0.25, 0.3) is 5.91 Å². The second kappa shape index (κ2) is 7.77. The topological polar surface area (TPSA) is 46.6 Å². The van der Waals surface area contributed by atoms with E-state index in [1.54, 1.807) is 23.1 Å². The van der Waals surface area contributed by atoms with Crippen molar-refractivity contribution in [2.24, 2.45) is 11.8 Å². The average Bonchev–Trinajstić information content (AvgIpc) is 3.09. The van der Waals surface area contributed by atoms with Crippen LogP contribution < -0.4 is 0 Å². The van der Waals surface area contributed by atoms with Crippen molar-refractivity contribution in [2.45, 2.75) is 51.4 Å². The first-order valence-electron chi connectivity index (χ1n) is 9.62. The van der Waals surface area contributed by atoms with Gasteiger partial charge in [0, 0.05) is 18.7 Å². The minimum Gasteiger partial charge on any atom is -0.455 e. The molecule has 1 aliphatic carbocycles. The van der Waals surface area contributed by atoms with Gasteiger partial charge in [-0.1, -0.05) is 44.9 Å². The Balaban J connectivity index is 1.68. The molecule has 2 atom stereocenters. The van der Waals surface area contributed by atoms with E-state index in [-0.39, 0.29) is 18.3 Å². The lowest BCUT2D eigenvalue weighted by molar-refractivity contribution is -0.158. The smallest absolute Gasteiger partial charge is 0.317 e. The molecule has 0 N–H and O–H groups in total. The van der Waals surface area contributed by atoms with Gasteiger partial charge >= 0.3 is 5.97 Å². The number of benzene rings is 1. The Morgan fingerprint density at radius 2 is 1.77 bits per heavy atom. The van der Waals surface area contributed by atoms with Gasteiger partial charge in [-0.05, 0) is 37.2 Å². The number of hydrogen-bond acceptors (Lipinski definition) is 3. The molecule has 0 aromatic heterocycles. The first-order chi connectivity index (χ1) is 12.4. The largest absolute Gasteiger partial charge is 0.455 e. The zero-order valence-corrected chi connectivity index (χ0v) is 15.7. The Hall–Kier alpha value is -1.91. The normalized spacial score (nSPS) is 25.1. The van der Waals surface area contributed by atoms with Gasteiger partial charge in [0.1, 0.15) is 5.82 Å². The molecule has 1 aromatic carbocycles. The Bertz CT molecular complexity index is 659. The van der Waals surface area contributed by atoms with E-state index >= 15 is 0 Å². The van der Waals surface area contributed by atoms with Crippen LogP contribution in [0.5, 0.6) is 0 Å². The fourth-order valence-corrected chi connectivity index (χ4v) is 4.63. The van der Waals surface area contributed by atoms with Crippen LogP contribution in [0.1, 0.15) is 51.5 Å². The molecular formula is C21H28FNO3. The molecule has 0 bridgehead atoms. The van der Waals surface area contributed by atoms with Crippen LogP contribution in [0.2, 0.25) is 0 Å². The Labute approximate surface area is 154 Å².